The highest BCUT2D eigenvalue weighted by Gasteiger charge is 2.10. The number of amides is 1. The first-order chi connectivity index (χ1) is 7.20. The molecule has 1 atom stereocenters. The number of hydrogen-bond acceptors (Lipinski definition) is 3. The lowest BCUT2D eigenvalue weighted by Crippen LogP contribution is -2.40. The molecule has 3 N–H and O–H groups in total. The van der Waals surface area contributed by atoms with Gasteiger partial charge in [-0.2, -0.15) is 0 Å². The maximum absolute atomic E-state index is 11.1. The van der Waals surface area contributed by atoms with Crippen molar-refractivity contribution in [3.63, 3.8) is 0 Å². The summed E-state index contributed by atoms with van der Waals surface area (Å²) in [5.41, 5.74) is 5.44. The van der Waals surface area contributed by atoms with Gasteiger partial charge in [0, 0.05) is 6.54 Å². The molecule has 0 aromatic rings. The Balaban J connectivity index is 1.98. The summed E-state index contributed by atoms with van der Waals surface area (Å²) in [4.78, 5) is 13.6. The number of likely N-dealkylation sites (tertiary alicyclic amines) is 1. The number of carbonyl (C=O) groups excluding carboxylic acids is 1. The number of rotatable bonds is 5. The van der Waals surface area contributed by atoms with Crippen molar-refractivity contribution in [2.45, 2.75) is 38.6 Å². The van der Waals surface area contributed by atoms with Gasteiger partial charge in [0.1, 0.15) is 0 Å². The molecule has 1 fully saturated rings. The molecule has 1 amide bonds. The maximum Gasteiger partial charge on any atom is 0.236 e. The quantitative estimate of drug-likeness (QED) is 0.647. The summed E-state index contributed by atoms with van der Waals surface area (Å²) in [7, 11) is 0. The summed E-state index contributed by atoms with van der Waals surface area (Å²) in [5, 5.41) is 2.83. The van der Waals surface area contributed by atoms with E-state index in [-0.39, 0.29) is 11.9 Å². The van der Waals surface area contributed by atoms with Crippen LogP contribution in [0.2, 0.25) is 0 Å². The normalized spacial score (nSPS) is 19.9. The minimum absolute atomic E-state index is 0.0476. The van der Waals surface area contributed by atoms with E-state index in [0.717, 1.165) is 19.5 Å². The molecular formula is C11H23N3O. The first-order valence-electron chi connectivity index (χ1n) is 5.96. The average molecular weight is 213 g/mol. The minimum atomic E-state index is -0.389. The second-order valence-corrected chi connectivity index (χ2v) is 4.34. The van der Waals surface area contributed by atoms with Gasteiger partial charge in [-0.1, -0.05) is 6.42 Å². The topological polar surface area (TPSA) is 58.4 Å². The Hall–Kier alpha value is -0.610. The first kappa shape index (κ1) is 12.5. The van der Waals surface area contributed by atoms with Crippen LogP contribution in [0.5, 0.6) is 0 Å². The summed E-state index contributed by atoms with van der Waals surface area (Å²) in [5.74, 6) is -0.0476. The molecule has 1 saturated heterocycles. The third-order valence-corrected chi connectivity index (χ3v) is 2.81. The molecule has 4 nitrogen and oxygen atoms in total. The predicted molar refractivity (Wildman–Crippen MR) is 61.6 cm³/mol. The van der Waals surface area contributed by atoms with Gasteiger partial charge in [-0.15, -0.1) is 0 Å². The summed E-state index contributed by atoms with van der Waals surface area (Å²) < 4.78 is 0. The smallest absolute Gasteiger partial charge is 0.236 e. The molecule has 88 valence electrons. The molecule has 0 aromatic heterocycles. The van der Waals surface area contributed by atoms with Crippen LogP contribution in [0.15, 0.2) is 0 Å². The minimum Gasteiger partial charge on any atom is -0.355 e. The molecule has 1 rings (SSSR count). The van der Waals surface area contributed by atoms with Crippen LogP contribution in [-0.2, 0) is 4.79 Å². The van der Waals surface area contributed by atoms with Crippen LogP contribution in [0.4, 0.5) is 0 Å². The lowest BCUT2D eigenvalue weighted by atomic mass is 10.1. The van der Waals surface area contributed by atoms with Crippen molar-refractivity contribution in [1.29, 1.82) is 0 Å². The third-order valence-electron chi connectivity index (χ3n) is 2.81. The van der Waals surface area contributed by atoms with Gasteiger partial charge in [0.15, 0.2) is 0 Å². The van der Waals surface area contributed by atoms with E-state index >= 15 is 0 Å². The first-order valence-corrected chi connectivity index (χ1v) is 5.96. The highest BCUT2D eigenvalue weighted by Crippen LogP contribution is 2.08. The third kappa shape index (κ3) is 5.14. The van der Waals surface area contributed by atoms with Gasteiger partial charge in [-0.25, -0.2) is 0 Å². The Morgan fingerprint density at radius 2 is 2.07 bits per heavy atom. The van der Waals surface area contributed by atoms with Crippen molar-refractivity contribution >= 4 is 5.91 Å². The van der Waals surface area contributed by atoms with Crippen molar-refractivity contribution < 1.29 is 4.79 Å². The summed E-state index contributed by atoms with van der Waals surface area (Å²) in [6, 6.07) is -0.389. The van der Waals surface area contributed by atoms with E-state index < -0.39 is 0 Å². The fraction of sp³-hybridized carbons (Fsp3) is 0.909. The Kier molecular flexibility index (Phi) is 5.65. The highest BCUT2D eigenvalue weighted by molar-refractivity contribution is 5.80. The standard InChI is InChI=1S/C11H23N3O/c1-10(12)11(15)13-6-5-9-14-7-3-2-4-8-14/h10H,2-9,12H2,1H3,(H,13,15)/t10-/m1/s1. The molecule has 0 aliphatic carbocycles. The van der Waals surface area contributed by atoms with Crippen LogP contribution < -0.4 is 11.1 Å². The summed E-state index contributed by atoms with van der Waals surface area (Å²) >= 11 is 0. The van der Waals surface area contributed by atoms with Gasteiger partial charge in [0.25, 0.3) is 0 Å². The van der Waals surface area contributed by atoms with Crippen LogP contribution in [0.25, 0.3) is 0 Å². The van der Waals surface area contributed by atoms with Crippen molar-refractivity contribution in [3.8, 4) is 0 Å². The van der Waals surface area contributed by atoms with Gasteiger partial charge in [-0.05, 0) is 45.8 Å². The second kappa shape index (κ2) is 6.80. The Bertz CT molecular complexity index is 188. The van der Waals surface area contributed by atoms with Gasteiger partial charge >= 0.3 is 0 Å². The number of piperidine rings is 1. The molecule has 1 aliphatic heterocycles. The molecule has 1 aliphatic rings. The number of nitrogens with zero attached hydrogens (tertiary/aromatic N) is 1. The summed E-state index contributed by atoms with van der Waals surface area (Å²) in [6.45, 7) is 6.00. The monoisotopic (exact) mass is 213 g/mol. The predicted octanol–water partition coefficient (Wildman–Crippen LogP) is 0.326. The zero-order valence-electron chi connectivity index (χ0n) is 9.67. The molecular weight excluding hydrogens is 190 g/mol. The fourth-order valence-electron chi connectivity index (χ4n) is 1.86. The zero-order valence-corrected chi connectivity index (χ0v) is 9.67. The van der Waals surface area contributed by atoms with Gasteiger partial charge in [0.05, 0.1) is 6.04 Å². The van der Waals surface area contributed by atoms with E-state index in [2.05, 4.69) is 10.2 Å². The maximum atomic E-state index is 11.1. The lowest BCUT2D eigenvalue weighted by Gasteiger charge is -2.26. The average Bonchev–Trinajstić information content (AvgIpc) is 2.25. The molecule has 0 spiro atoms. The van der Waals surface area contributed by atoms with Crippen molar-refractivity contribution in [1.82, 2.24) is 10.2 Å². The van der Waals surface area contributed by atoms with Crippen molar-refractivity contribution in [2.24, 2.45) is 5.73 Å². The van der Waals surface area contributed by atoms with Crippen LogP contribution >= 0.6 is 0 Å². The van der Waals surface area contributed by atoms with E-state index in [1.165, 1.54) is 32.4 Å². The van der Waals surface area contributed by atoms with Crippen molar-refractivity contribution in [3.05, 3.63) is 0 Å². The van der Waals surface area contributed by atoms with E-state index in [9.17, 15) is 4.79 Å². The molecule has 0 radical (unpaired) electrons. The van der Waals surface area contributed by atoms with Crippen LogP contribution in [0.3, 0.4) is 0 Å². The molecule has 4 heteroatoms. The van der Waals surface area contributed by atoms with Crippen LogP contribution in [0.1, 0.15) is 32.6 Å². The molecule has 0 unspecified atom stereocenters. The molecule has 1 heterocycles. The van der Waals surface area contributed by atoms with E-state index in [1.54, 1.807) is 6.92 Å². The van der Waals surface area contributed by atoms with E-state index in [4.69, 9.17) is 5.73 Å². The SMILES string of the molecule is C[C@@H](N)C(=O)NCCCN1CCCCC1. The van der Waals surface area contributed by atoms with E-state index in [1.807, 2.05) is 0 Å². The number of hydrogen-bond donors (Lipinski definition) is 2. The van der Waals surface area contributed by atoms with Crippen LogP contribution in [-0.4, -0.2) is 43.0 Å². The largest absolute Gasteiger partial charge is 0.355 e. The molecule has 0 bridgehead atoms. The summed E-state index contributed by atoms with van der Waals surface area (Å²) in [6.07, 6.45) is 5.05. The van der Waals surface area contributed by atoms with Crippen molar-refractivity contribution in [2.75, 3.05) is 26.2 Å². The van der Waals surface area contributed by atoms with Gasteiger partial charge in [0.2, 0.25) is 5.91 Å². The highest BCUT2D eigenvalue weighted by atomic mass is 16.2. The lowest BCUT2D eigenvalue weighted by molar-refractivity contribution is -0.121. The fourth-order valence-corrected chi connectivity index (χ4v) is 1.86. The molecule has 15 heavy (non-hydrogen) atoms. The second-order valence-electron chi connectivity index (χ2n) is 4.34. The van der Waals surface area contributed by atoms with E-state index in [0.29, 0.717) is 0 Å². The Morgan fingerprint density at radius 1 is 1.40 bits per heavy atom. The van der Waals surface area contributed by atoms with Gasteiger partial charge in [-0.3, -0.25) is 4.79 Å². The zero-order chi connectivity index (χ0) is 11.1. The molecule has 0 aromatic carbocycles. The number of carbonyl (C=O) groups is 1. The Labute approximate surface area is 92.2 Å². The number of nitrogens with one attached hydrogen (secondary N) is 1. The Morgan fingerprint density at radius 3 is 2.67 bits per heavy atom. The number of nitrogens with two attached hydrogens (primary N) is 1. The molecule has 0 saturated carbocycles. The van der Waals surface area contributed by atoms with Gasteiger partial charge < -0.3 is 16.0 Å². The van der Waals surface area contributed by atoms with Crippen LogP contribution in [0, 0.1) is 0 Å².